The second-order valence-electron chi connectivity index (χ2n) is 3.95. The Morgan fingerprint density at radius 3 is 2.40 bits per heavy atom. The number of carboxylic acid groups (broad SMARTS) is 2. The molecule has 6 nitrogen and oxygen atoms in total. The Morgan fingerprint density at radius 1 is 1.50 bits per heavy atom. The van der Waals surface area contributed by atoms with Gasteiger partial charge >= 0.3 is 5.97 Å². The van der Waals surface area contributed by atoms with Crippen LogP contribution in [0.3, 0.4) is 0 Å². The van der Waals surface area contributed by atoms with Crippen LogP contribution < -0.4 is 10.0 Å². The van der Waals surface area contributed by atoms with Gasteiger partial charge in [-0.05, 0) is 23.6 Å². The van der Waals surface area contributed by atoms with Crippen LogP contribution in [0.25, 0.3) is 5.57 Å². The molecule has 0 amide bonds. The van der Waals surface area contributed by atoms with Crippen molar-refractivity contribution in [1.29, 1.82) is 0 Å². The molecule has 1 aromatic rings. The molecule has 1 heterocycles. The molecule has 0 aliphatic rings. The molecule has 1 atom stereocenters. The zero-order valence-electron chi connectivity index (χ0n) is 11.1. The molecular formula is C14H16N2O4. The van der Waals surface area contributed by atoms with Crippen molar-refractivity contribution in [3.63, 3.8) is 0 Å². The first kappa shape index (κ1) is 17.4. The zero-order valence-corrected chi connectivity index (χ0v) is 11.1. The van der Waals surface area contributed by atoms with Crippen LogP contribution in [0.15, 0.2) is 31.1 Å². The monoisotopic (exact) mass is 276 g/mol. The maximum Gasteiger partial charge on any atom is 0.351 e. The number of likely N-dealkylation sites (N-methyl/N-ethyl adjacent to an activating group) is 1. The summed E-state index contributed by atoms with van der Waals surface area (Å²) in [7, 11) is 2.06. The normalized spacial score (nSPS) is 10.4. The van der Waals surface area contributed by atoms with E-state index in [0.717, 1.165) is 24.2 Å². The molecule has 2 N–H and O–H groups in total. The maximum atomic E-state index is 9.04. The molecule has 0 aliphatic carbocycles. The van der Waals surface area contributed by atoms with Crippen LogP contribution in [0.5, 0.6) is 0 Å². The lowest BCUT2D eigenvalue weighted by molar-refractivity contribution is -0.863. The fraction of sp³-hybridized carbons (Fsp3) is 0.214. The number of carboxylic acids is 2. The quantitative estimate of drug-likeness (QED) is 0.493. The second-order valence-corrected chi connectivity index (χ2v) is 3.95. The number of hydrogen-bond donors (Lipinski definition) is 2. The summed E-state index contributed by atoms with van der Waals surface area (Å²) in [4.78, 5) is 23.3. The van der Waals surface area contributed by atoms with Crippen molar-refractivity contribution in [1.82, 2.24) is 4.98 Å². The summed E-state index contributed by atoms with van der Waals surface area (Å²) in [5, 5.41) is 16.3. The molecule has 1 rings (SSSR count). The van der Waals surface area contributed by atoms with E-state index in [1.807, 2.05) is 12.1 Å². The van der Waals surface area contributed by atoms with Crippen molar-refractivity contribution < 1.29 is 24.7 Å². The van der Waals surface area contributed by atoms with Gasteiger partial charge in [-0.1, -0.05) is 6.58 Å². The van der Waals surface area contributed by atoms with Gasteiger partial charge in [0.25, 0.3) is 0 Å². The van der Waals surface area contributed by atoms with Crippen LogP contribution in [-0.2, 0) is 9.59 Å². The molecule has 0 aromatic carbocycles. The number of carbonyl (C=O) groups excluding carboxylic acids is 1. The SMILES string of the molecule is C#CC[NH+](C)CC(=C)c1ccncc1.O=C([O-])C(=O)O. The summed E-state index contributed by atoms with van der Waals surface area (Å²) in [5.41, 5.74) is 2.23. The summed E-state index contributed by atoms with van der Waals surface area (Å²) >= 11 is 0. The molecule has 0 bridgehead atoms. The molecule has 1 aromatic heterocycles. The molecule has 20 heavy (non-hydrogen) atoms. The fourth-order valence-corrected chi connectivity index (χ4v) is 1.29. The average molecular weight is 276 g/mol. The number of nitrogens with one attached hydrogen (secondary N) is 1. The van der Waals surface area contributed by atoms with Gasteiger partial charge in [-0.25, -0.2) is 4.79 Å². The predicted molar refractivity (Wildman–Crippen MR) is 71.4 cm³/mol. The Hall–Kier alpha value is -2.65. The van der Waals surface area contributed by atoms with Crippen molar-refractivity contribution in [2.24, 2.45) is 0 Å². The summed E-state index contributed by atoms with van der Waals surface area (Å²) in [6.07, 6.45) is 8.78. The van der Waals surface area contributed by atoms with Crippen LogP contribution >= 0.6 is 0 Å². The van der Waals surface area contributed by atoms with Crippen molar-refractivity contribution in [3.8, 4) is 12.3 Å². The Kier molecular flexibility index (Phi) is 8.07. The van der Waals surface area contributed by atoms with Crippen molar-refractivity contribution in [2.45, 2.75) is 0 Å². The van der Waals surface area contributed by atoms with Gasteiger partial charge in [0.15, 0.2) is 5.97 Å². The van der Waals surface area contributed by atoms with E-state index >= 15 is 0 Å². The molecule has 0 saturated heterocycles. The van der Waals surface area contributed by atoms with Gasteiger partial charge in [0, 0.05) is 18.0 Å². The lowest BCUT2D eigenvalue weighted by Gasteiger charge is -2.12. The molecule has 6 heteroatoms. The number of quaternary nitrogens is 1. The van der Waals surface area contributed by atoms with Crippen molar-refractivity contribution in [3.05, 3.63) is 36.7 Å². The fourth-order valence-electron chi connectivity index (χ4n) is 1.29. The molecule has 106 valence electrons. The van der Waals surface area contributed by atoms with Gasteiger partial charge in [0.05, 0.1) is 7.05 Å². The second kappa shape index (κ2) is 9.30. The number of carbonyl (C=O) groups is 2. The topological polar surface area (TPSA) is 94.8 Å². The van der Waals surface area contributed by atoms with E-state index < -0.39 is 11.9 Å². The molecule has 0 fully saturated rings. The van der Waals surface area contributed by atoms with Crippen LogP contribution in [-0.4, -0.2) is 42.2 Å². The van der Waals surface area contributed by atoms with E-state index in [1.165, 1.54) is 4.90 Å². The number of pyridine rings is 1. The molecule has 0 saturated carbocycles. The molecule has 1 unspecified atom stereocenters. The molecule has 0 radical (unpaired) electrons. The number of aliphatic carboxylic acids is 2. The number of aromatic nitrogens is 1. The lowest BCUT2D eigenvalue weighted by atomic mass is 10.1. The van der Waals surface area contributed by atoms with Gasteiger partial charge < -0.3 is 19.9 Å². The van der Waals surface area contributed by atoms with Gasteiger partial charge in [0.1, 0.15) is 13.1 Å². The minimum Gasteiger partial charge on any atom is -0.539 e. The van der Waals surface area contributed by atoms with Crippen LogP contribution in [0.2, 0.25) is 0 Å². The van der Waals surface area contributed by atoms with E-state index in [-0.39, 0.29) is 0 Å². The Morgan fingerprint density at radius 2 is 2.00 bits per heavy atom. The third kappa shape index (κ3) is 7.63. The Balaban J connectivity index is 0.000000511. The third-order valence-corrected chi connectivity index (χ3v) is 2.18. The van der Waals surface area contributed by atoms with Crippen LogP contribution in [0.4, 0.5) is 0 Å². The third-order valence-electron chi connectivity index (χ3n) is 2.18. The van der Waals surface area contributed by atoms with E-state index in [4.69, 9.17) is 26.2 Å². The smallest absolute Gasteiger partial charge is 0.351 e. The highest BCUT2D eigenvalue weighted by Gasteiger charge is 2.04. The molecular weight excluding hydrogens is 260 g/mol. The molecule has 0 aliphatic heterocycles. The standard InChI is InChI=1S/C12H14N2.C2H2O4/c1-4-9-14(3)10-11(2)12-5-7-13-8-6-12;3-1(4)2(5)6/h1,5-8H,2,9-10H2,3H3;(H,3,4)(H,5,6). The Bertz CT molecular complexity index is 494. The zero-order chi connectivity index (χ0) is 15.5. The Labute approximate surface area is 117 Å². The number of hydrogen-bond acceptors (Lipinski definition) is 4. The van der Waals surface area contributed by atoms with E-state index in [2.05, 4.69) is 24.5 Å². The summed E-state index contributed by atoms with van der Waals surface area (Å²) < 4.78 is 0. The van der Waals surface area contributed by atoms with Crippen LogP contribution in [0.1, 0.15) is 5.56 Å². The van der Waals surface area contributed by atoms with E-state index in [9.17, 15) is 0 Å². The summed E-state index contributed by atoms with van der Waals surface area (Å²) in [6.45, 7) is 5.63. The highest BCUT2D eigenvalue weighted by molar-refractivity contribution is 6.26. The van der Waals surface area contributed by atoms with Gasteiger partial charge in [-0.3, -0.25) is 4.98 Å². The highest BCUT2D eigenvalue weighted by atomic mass is 16.4. The van der Waals surface area contributed by atoms with Crippen molar-refractivity contribution in [2.75, 3.05) is 20.1 Å². The maximum absolute atomic E-state index is 9.04. The summed E-state index contributed by atoms with van der Waals surface area (Å²) in [6, 6.07) is 3.93. The van der Waals surface area contributed by atoms with Gasteiger partial charge in [-0.2, -0.15) is 0 Å². The number of terminal acetylenes is 1. The predicted octanol–water partition coefficient (Wildman–Crippen LogP) is -1.94. The summed E-state index contributed by atoms with van der Waals surface area (Å²) in [5.74, 6) is -1.38. The van der Waals surface area contributed by atoms with Crippen molar-refractivity contribution >= 4 is 17.5 Å². The minimum atomic E-state index is -2.07. The van der Waals surface area contributed by atoms with Gasteiger partial charge in [-0.15, -0.1) is 6.42 Å². The lowest BCUT2D eigenvalue weighted by Crippen LogP contribution is -3.08. The van der Waals surface area contributed by atoms with Gasteiger partial charge in [0.2, 0.25) is 0 Å². The first-order valence-electron chi connectivity index (χ1n) is 5.65. The molecule has 0 spiro atoms. The first-order chi connectivity index (χ1) is 9.38. The van der Waals surface area contributed by atoms with E-state index in [1.54, 1.807) is 12.4 Å². The van der Waals surface area contributed by atoms with E-state index in [0.29, 0.717) is 0 Å². The van der Waals surface area contributed by atoms with Crippen LogP contribution in [0, 0.1) is 12.3 Å². The average Bonchev–Trinajstić information content (AvgIpc) is 2.40. The largest absolute Gasteiger partial charge is 0.539 e. The highest BCUT2D eigenvalue weighted by Crippen LogP contribution is 2.07. The number of nitrogens with zero attached hydrogens (tertiary/aromatic N) is 1. The first-order valence-corrected chi connectivity index (χ1v) is 5.65. The number of rotatable bonds is 4. The minimum absolute atomic E-state index is 0.726.